The molecule has 112 valence electrons. The fourth-order valence-electron chi connectivity index (χ4n) is 1.92. The molecule has 0 aliphatic heterocycles. The smallest absolute Gasteiger partial charge is 0.175 e. The molecule has 1 unspecified atom stereocenters. The van der Waals surface area contributed by atoms with E-state index in [1.54, 1.807) is 18.2 Å². The van der Waals surface area contributed by atoms with Gasteiger partial charge in [-0.2, -0.15) is 0 Å². The van der Waals surface area contributed by atoms with E-state index in [9.17, 15) is 8.42 Å². The van der Waals surface area contributed by atoms with E-state index >= 15 is 0 Å². The van der Waals surface area contributed by atoms with E-state index in [1.165, 1.54) is 12.1 Å². The number of nitrogens with two attached hydrogens (primary N) is 1. The van der Waals surface area contributed by atoms with Gasteiger partial charge in [0.1, 0.15) is 11.9 Å². The first-order chi connectivity index (χ1) is 9.91. The van der Waals surface area contributed by atoms with Crippen LogP contribution in [0.2, 0.25) is 5.02 Å². The maximum Gasteiger partial charge on any atom is 0.175 e. The van der Waals surface area contributed by atoms with Gasteiger partial charge in [0.25, 0.3) is 0 Å². The van der Waals surface area contributed by atoms with Gasteiger partial charge in [-0.25, -0.2) is 8.42 Å². The number of ether oxygens (including phenoxy) is 1. The molecule has 2 rings (SSSR count). The maximum atomic E-state index is 11.6. The Kier molecular flexibility index (Phi) is 4.88. The Labute approximate surface area is 129 Å². The molecule has 1 atom stereocenters. The van der Waals surface area contributed by atoms with Crippen LogP contribution in [0.4, 0.5) is 0 Å². The van der Waals surface area contributed by atoms with E-state index in [0.717, 1.165) is 11.8 Å². The zero-order chi connectivity index (χ0) is 15.5. The van der Waals surface area contributed by atoms with Crippen molar-refractivity contribution in [3.63, 3.8) is 0 Å². The molecule has 0 heterocycles. The molecule has 0 radical (unpaired) electrons. The highest BCUT2D eigenvalue weighted by molar-refractivity contribution is 7.90. The van der Waals surface area contributed by atoms with Gasteiger partial charge in [-0.3, -0.25) is 0 Å². The van der Waals surface area contributed by atoms with Crippen LogP contribution in [0.1, 0.15) is 11.7 Å². The Hall–Kier alpha value is -1.56. The molecular formula is C15H16ClNO3S. The topological polar surface area (TPSA) is 69.4 Å². The molecule has 0 aliphatic rings. The normalized spacial score (nSPS) is 12.9. The molecule has 0 aromatic heterocycles. The van der Waals surface area contributed by atoms with E-state index in [4.69, 9.17) is 22.1 Å². The second kappa shape index (κ2) is 6.47. The molecule has 2 aromatic rings. The van der Waals surface area contributed by atoms with Gasteiger partial charge >= 0.3 is 0 Å². The van der Waals surface area contributed by atoms with E-state index in [2.05, 4.69) is 0 Å². The van der Waals surface area contributed by atoms with Crippen molar-refractivity contribution < 1.29 is 13.2 Å². The molecule has 0 spiro atoms. The highest BCUT2D eigenvalue weighted by atomic mass is 35.5. The first kappa shape index (κ1) is 15.8. The first-order valence-corrected chi connectivity index (χ1v) is 8.60. The Morgan fingerprint density at radius 1 is 1.19 bits per heavy atom. The minimum absolute atomic E-state index is 0.204. The lowest BCUT2D eigenvalue weighted by atomic mass is 10.1. The monoisotopic (exact) mass is 325 g/mol. The number of rotatable bonds is 5. The number of hydrogen-bond donors (Lipinski definition) is 1. The standard InChI is InChI=1S/C15H16ClNO3S/c1-21(18,19)12-6-4-5-11(9-12)20-15(10-17)13-7-2-3-8-14(13)16/h2-9,15H,10,17H2,1H3. The van der Waals surface area contributed by atoms with E-state index < -0.39 is 15.9 Å². The van der Waals surface area contributed by atoms with Crippen molar-refractivity contribution in [3.05, 3.63) is 59.1 Å². The minimum atomic E-state index is -3.28. The first-order valence-electron chi connectivity index (χ1n) is 6.33. The quantitative estimate of drug-likeness (QED) is 0.917. The van der Waals surface area contributed by atoms with E-state index in [1.807, 2.05) is 18.2 Å². The fraction of sp³-hybridized carbons (Fsp3) is 0.200. The SMILES string of the molecule is CS(=O)(=O)c1cccc(OC(CN)c2ccccc2Cl)c1. The van der Waals surface area contributed by atoms with Crippen molar-refractivity contribution in [2.45, 2.75) is 11.0 Å². The Bertz CT molecular complexity index is 731. The Morgan fingerprint density at radius 3 is 2.52 bits per heavy atom. The van der Waals surface area contributed by atoms with Crippen LogP contribution in [0.15, 0.2) is 53.4 Å². The molecule has 0 bridgehead atoms. The van der Waals surface area contributed by atoms with Crippen LogP contribution in [0, 0.1) is 0 Å². The lowest BCUT2D eigenvalue weighted by Gasteiger charge is -2.19. The molecule has 0 fully saturated rings. The summed E-state index contributed by atoms with van der Waals surface area (Å²) in [5.74, 6) is 0.438. The second-order valence-electron chi connectivity index (χ2n) is 4.61. The van der Waals surface area contributed by atoms with Gasteiger partial charge in [-0.15, -0.1) is 0 Å². The molecule has 6 heteroatoms. The summed E-state index contributed by atoms with van der Waals surface area (Å²) >= 11 is 6.14. The van der Waals surface area contributed by atoms with Gasteiger partial charge in [-0.1, -0.05) is 35.9 Å². The van der Waals surface area contributed by atoms with Gasteiger partial charge in [-0.05, 0) is 24.3 Å². The summed E-state index contributed by atoms with van der Waals surface area (Å²) in [6, 6.07) is 13.6. The lowest BCUT2D eigenvalue weighted by Crippen LogP contribution is -2.19. The van der Waals surface area contributed by atoms with Gasteiger partial charge < -0.3 is 10.5 Å². The summed E-state index contributed by atoms with van der Waals surface area (Å²) in [5.41, 5.74) is 6.51. The third-order valence-electron chi connectivity index (χ3n) is 2.98. The number of hydrogen-bond acceptors (Lipinski definition) is 4. The molecule has 2 aromatic carbocycles. The van der Waals surface area contributed by atoms with Crippen LogP contribution in [0.5, 0.6) is 5.75 Å². The van der Waals surface area contributed by atoms with Crippen LogP contribution in [0.3, 0.4) is 0 Å². The van der Waals surface area contributed by atoms with E-state index in [-0.39, 0.29) is 11.4 Å². The van der Waals surface area contributed by atoms with Crippen molar-refractivity contribution in [1.82, 2.24) is 0 Å². The van der Waals surface area contributed by atoms with Gasteiger partial charge in [0, 0.05) is 23.4 Å². The van der Waals surface area contributed by atoms with Crippen LogP contribution in [0.25, 0.3) is 0 Å². The van der Waals surface area contributed by atoms with Crippen LogP contribution >= 0.6 is 11.6 Å². The predicted molar refractivity (Wildman–Crippen MR) is 83.4 cm³/mol. The molecular weight excluding hydrogens is 310 g/mol. The third kappa shape index (κ3) is 3.97. The van der Waals surface area contributed by atoms with Crippen LogP contribution in [-0.4, -0.2) is 21.2 Å². The van der Waals surface area contributed by atoms with Gasteiger partial charge in [0.05, 0.1) is 4.90 Å². The summed E-state index contributed by atoms with van der Waals surface area (Å²) in [6.07, 6.45) is 0.717. The molecule has 4 nitrogen and oxygen atoms in total. The van der Waals surface area contributed by atoms with Crippen molar-refractivity contribution in [2.24, 2.45) is 5.73 Å². The summed E-state index contributed by atoms with van der Waals surface area (Å²) in [6.45, 7) is 0.229. The Morgan fingerprint density at radius 2 is 1.90 bits per heavy atom. The average molecular weight is 326 g/mol. The summed E-state index contributed by atoms with van der Waals surface area (Å²) in [4.78, 5) is 0.204. The zero-order valence-corrected chi connectivity index (χ0v) is 13.1. The summed E-state index contributed by atoms with van der Waals surface area (Å²) in [5, 5.41) is 0.562. The molecule has 0 saturated heterocycles. The van der Waals surface area contributed by atoms with Crippen molar-refractivity contribution in [3.8, 4) is 5.75 Å². The lowest BCUT2D eigenvalue weighted by molar-refractivity contribution is 0.214. The predicted octanol–water partition coefficient (Wildman–Crippen LogP) is 2.82. The average Bonchev–Trinajstić information content (AvgIpc) is 2.45. The second-order valence-corrected chi connectivity index (χ2v) is 7.03. The number of benzene rings is 2. The van der Waals surface area contributed by atoms with Crippen molar-refractivity contribution in [1.29, 1.82) is 0 Å². The molecule has 2 N–H and O–H groups in total. The maximum absolute atomic E-state index is 11.6. The molecule has 0 saturated carbocycles. The van der Waals surface area contributed by atoms with Crippen molar-refractivity contribution in [2.75, 3.05) is 12.8 Å². The highest BCUT2D eigenvalue weighted by Gasteiger charge is 2.16. The highest BCUT2D eigenvalue weighted by Crippen LogP contribution is 2.28. The number of sulfone groups is 1. The minimum Gasteiger partial charge on any atom is -0.484 e. The van der Waals surface area contributed by atoms with E-state index in [0.29, 0.717) is 10.8 Å². The molecule has 21 heavy (non-hydrogen) atoms. The summed E-state index contributed by atoms with van der Waals surface area (Å²) < 4.78 is 28.9. The molecule has 0 amide bonds. The third-order valence-corrected chi connectivity index (χ3v) is 4.43. The Balaban J connectivity index is 2.30. The van der Waals surface area contributed by atoms with Gasteiger partial charge in [0.15, 0.2) is 9.84 Å². The molecule has 0 aliphatic carbocycles. The zero-order valence-electron chi connectivity index (χ0n) is 11.5. The van der Waals surface area contributed by atoms with Crippen LogP contribution in [-0.2, 0) is 9.84 Å². The summed E-state index contributed by atoms with van der Waals surface area (Å²) in [7, 11) is -3.28. The van der Waals surface area contributed by atoms with Crippen LogP contribution < -0.4 is 10.5 Å². The fourth-order valence-corrected chi connectivity index (χ4v) is 2.83. The van der Waals surface area contributed by atoms with Crippen molar-refractivity contribution >= 4 is 21.4 Å². The largest absolute Gasteiger partial charge is 0.484 e. The number of halogens is 1. The van der Waals surface area contributed by atoms with Gasteiger partial charge in [0.2, 0.25) is 0 Å².